The quantitative estimate of drug-likeness (QED) is 0.900. The summed E-state index contributed by atoms with van der Waals surface area (Å²) in [4.78, 5) is 10.6. The van der Waals surface area contributed by atoms with Crippen LogP contribution in [0.5, 0.6) is 0 Å². The number of halogens is 3. The van der Waals surface area contributed by atoms with Crippen LogP contribution in [0.3, 0.4) is 0 Å². The molecule has 20 heavy (non-hydrogen) atoms. The zero-order chi connectivity index (χ0) is 14.8. The first-order valence-electron chi connectivity index (χ1n) is 5.59. The van der Waals surface area contributed by atoms with E-state index in [2.05, 4.69) is 5.32 Å². The van der Waals surface area contributed by atoms with Gasteiger partial charge in [0.2, 0.25) is 5.76 Å². The molecule has 1 heterocycles. The van der Waals surface area contributed by atoms with Gasteiger partial charge in [0.25, 0.3) is 0 Å². The minimum atomic E-state index is -4.40. The Bertz CT molecular complexity index is 619. The fourth-order valence-electron chi connectivity index (χ4n) is 1.58. The molecule has 0 radical (unpaired) electrons. The van der Waals surface area contributed by atoms with E-state index in [9.17, 15) is 18.0 Å². The minimum absolute atomic E-state index is 0.0919. The van der Waals surface area contributed by atoms with Gasteiger partial charge < -0.3 is 14.8 Å². The molecule has 0 aliphatic rings. The summed E-state index contributed by atoms with van der Waals surface area (Å²) in [7, 11) is 0. The van der Waals surface area contributed by atoms with Crippen LogP contribution in [0.2, 0.25) is 0 Å². The first-order valence-corrected chi connectivity index (χ1v) is 5.59. The Labute approximate surface area is 111 Å². The SMILES string of the molecule is O=C(O)c1ccc(CNc2cccc(C(F)(F)F)c2)o1. The fraction of sp³-hybridized carbons (Fsp3) is 0.154. The maximum atomic E-state index is 12.5. The first kappa shape index (κ1) is 14.0. The van der Waals surface area contributed by atoms with Gasteiger partial charge in [0.05, 0.1) is 12.1 Å². The molecule has 4 nitrogen and oxygen atoms in total. The number of carboxylic acids is 1. The molecule has 1 aromatic heterocycles. The molecule has 0 aliphatic heterocycles. The van der Waals surface area contributed by atoms with Crippen molar-refractivity contribution in [1.82, 2.24) is 0 Å². The van der Waals surface area contributed by atoms with E-state index in [4.69, 9.17) is 9.52 Å². The van der Waals surface area contributed by atoms with Gasteiger partial charge in [0.15, 0.2) is 0 Å². The lowest BCUT2D eigenvalue weighted by atomic mass is 10.2. The van der Waals surface area contributed by atoms with Crippen LogP contribution in [0.25, 0.3) is 0 Å². The molecular weight excluding hydrogens is 275 g/mol. The van der Waals surface area contributed by atoms with Crippen molar-refractivity contribution in [1.29, 1.82) is 0 Å². The highest BCUT2D eigenvalue weighted by atomic mass is 19.4. The predicted octanol–water partition coefficient (Wildman–Crippen LogP) is 3.61. The zero-order valence-corrected chi connectivity index (χ0v) is 10.1. The standard InChI is InChI=1S/C13H10F3NO3/c14-13(15,16)8-2-1-3-9(6-8)17-7-10-4-5-11(20-10)12(18)19/h1-6,17H,7H2,(H,18,19). The molecule has 0 spiro atoms. The Kier molecular flexibility index (Phi) is 3.69. The maximum Gasteiger partial charge on any atom is 0.416 e. The highest BCUT2D eigenvalue weighted by Gasteiger charge is 2.30. The number of nitrogens with one attached hydrogen (secondary N) is 1. The van der Waals surface area contributed by atoms with Crippen molar-refractivity contribution in [2.45, 2.75) is 12.7 Å². The molecule has 0 saturated heterocycles. The van der Waals surface area contributed by atoms with Gasteiger partial charge in [0.1, 0.15) is 5.76 Å². The minimum Gasteiger partial charge on any atom is -0.475 e. The number of carboxylic acid groups (broad SMARTS) is 1. The molecule has 0 atom stereocenters. The van der Waals surface area contributed by atoms with Gasteiger partial charge in [0, 0.05) is 5.69 Å². The largest absolute Gasteiger partial charge is 0.475 e. The van der Waals surface area contributed by atoms with E-state index in [0.717, 1.165) is 12.1 Å². The van der Waals surface area contributed by atoms with Gasteiger partial charge in [-0.25, -0.2) is 4.79 Å². The molecule has 2 N–H and O–H groups in total. The fourth-order valence-corrected chi connectivity index (χ4v) is 1.58. The summed E-state index contributed by atoms with van der Waals surface area (Å²) in [6, 6.07) is 7.45. The lowest BCUT2D eigenvalue weighted by molar-refractivity contribution is -0.137. The second-order valence-corrected chi connectivity index (χ2v) is 4.00. The number of benzene rings is 1. The molecule has 2 aromatic rings. The highest BCUT2D eigenvalue weighted by Crippen LogP contribution is 2.30. The van der Waals surface area contributed by atoms with E-state index in [0.29, 0.717) is 5.76 Å². The van der Waals surface area contributed by atoms with Crippen molar-refractivity contribution in [3.05, 3.63) is 53.5 Å². The summed E-state index contributed by atoms with van der Waals surface area (Å²) in [5, 5.41) is 11.4. The van der Waals surface area contributed by atoms with Crippen LogP contribution in [0.4, 0.5) is 18.9 Å². The van der Waals surface area contributed by atoms with E-state index in [1.54, 1.807) is 0 Å². The Morgan fingerprint density at radius 3 is 2.60 bits per heavy atom. The third-order valence-corrected chi connectivity index (χ3v) is 2.53. The number of alkyl halides is 3. The highest BCUT2D eigenvalue weighted by molar-refractivity contribution is 5.84. The van der Waals surface area contributed by atoms with Crippen LogP contribution >= 0.6 is 0 Å². The molecule has 0 amide bonds. The van der Waals surface area contributed by atoms with Crippen molar-refractivity contribution in [3.8, 4) is 0 Å². The van der Waals surface area contributed by atoms with Crippen molar-refractivity contribution in [2.24, 2.45) is 0 Å². The van der Waals surface area contributed by atoms with E-state index in [1.807, 2.05) is 0 Å². The van der Waals surface area contributed by atoms with Crippen LogP contribution in [-0.4, -0.2) is 11.1 Å². The third-order valence-electron chi connectivity index (χ3n) is 2.53. The Hall–Kier alpha value is -2.44. The van der Waals surface area contributed by atoms with Gasteiger partial charge in [-0.2, -0.15) is 13.2 Å². The summed E-state index contributed by atoms with van der Waals surface area (Å²) < 4.78 is 42.5. The summed E-state index contributed by atoms with van der Waals surface area (Å²) in [6.07, 6.45) is -4.40. The number of furan rings is 1. The van der Waals surface area contributed by atoms with Gasteiger partial charge in [-0.05, 0) is 30.3 Å². The molecule has 0 unspecified atom stereocenters. The average molecular weight is 285 g/mol. The Balaban J connectivity index is 2.05. The molecule has 0 saturated carbocycles. The summed E-state index contributed by atoms with van der Waals surface area (Å²) in [5.74, 6) is -1.10. The zero-order valence-electron chi connectivity index (χ0n) is 10.1. The molecular formula is C13H10F3NO3. The van der Waals surface area contributed by atoms with E-state index >= 15 is 0 Å². The normalized spacial score (nSPS) is 11.3. The molecule has 0 fully saturated rings. The smallest absolute Gasteiger partial charge is 0.416 e. The van der Waals surface area contributed by atoms with Crippen LogP contribution in [-0.2, 0) is 12.7 Å². The van der Waals surface area contributed by atoms with Crippen LogP contribution in [0.1, 0.15) is 21.9 Å². The molecule has 106 valence electrons. The lowest BCUT2D eigenvalue weighted by Gasteiger charge is -2.09. The number of hydrogen-bond donors (Lipinski definition) is 2. The summed E-state index contributed by atoms with van der Waals surface area (Å²) in [5.41, 5.74) is -0.485. The predicted molar refractivity (Wildman–Crippen MR) is 64.4 cm³/mol. The van der Waals surface area contributed by atoms with Gasteiger partial charge in [-0.1, -0.05) is 6.07 Å². The maximum absolute atomic E-state index is 12.5. The van der Waals surface area contributed by atoms with Crippen molar-refractivity contribution in [2.75, 3.05) is 5.32 Å². The lowest BCUT2D eigenvalue weighted by Crippen LogP contribution is -2.06. The number of anilines is 1. The van der Waals surface area contributed by atoms with Crippen LogP contribution in [0, 0.1) is 0 Å². The van der Waals surface area contributed by atoms with E-state index in [-0.39, 0.29) is 18.0 Å². The average Bonchev–Trinajstić information content (AvgIpc) is 2.85. The topological polar surface area (TPSA) is 62.5 Å². The number of carbonyl (C=O) groups is 1. The van der Waals surface area contributed by atoms with E-state index in [1.165, 1.54) is 24.3 Å². The molecule has 2 rings (SSSR count). The number of hydrogen-bond acceptors (Lipinski definition) is 3. The Morgan fingerprint density at radius 2 is 2.00 bits per heavy atom. The van der Waals surface area contributed by atoms with Crippen molar-refractivity contribution >= 4 is 11.7 Å². The second kappa shape index (κ2) is 5.28. The van der Waals surface area contributed by atoms with Crippen LogP contribution in [0.15, 0.2) is 40.8 Å². The van der Waals surface area contributed by atoms with Gasteiger partial charge in [-0.3, -0.25) is 0 Å². The monoisotopic (exact) mass is 285 g/mol. The van der Waals surface area contributed by atoms with Gasteiger partial charge >= 0.3 is 12.1 Å². The first-order chi connectivity index (χ1) is 9.36. The molecule has 1 aromatic carbocycles. The van der Waals surface area contributed by atoms with Crippen molar-refractivity contribution < 1.29 is 27.5 Å². The van der Waals surface area contributed by atoms with Crippen molar-refractivity contribution in [3.63, 3.8) is 0 Å². The number of aromatic carboxylic acids is 1. The van der Waals surface area contributed by atoms with E-state index < -0.39 is 17.7 Å². The van der Waals surface area contributed by atoms with Crippen LogP contribution < -0.4 is 5.32 Å². The molecule has 7 heteroatoms. The molecule has 0 bridgehead atoms. The second-order valence-electron chi connectivity index (χ2n) is 4.00. The summed E-state index contributed by atoms with van der Waals surface area (Å²) in [6.45, 7) is 0.0919. The summed E-state index contributed by atoms with van der Waals surface area (Å²) >= 11 is 0. The Morgan fingerprint density at radius 1 is 1.25 bits per heavy atom. The number of rotatable bonds is 4. The molecule has 0 aliphatic carbocycles. The third kappa shape index (κ3) is 3.31. The van der Waals surface area contributed by atoms with Gasteiger partial charge in [-0.15, -0.1) is 0 Å².